The molecule has 15 heteroatoms. The molecule has 0 spiro atoms. The number of nitrogens with one attached hydrogen (secondary N) is 1. The summed E-state index contributed by atoms with van der Waals surface area (Å²) in [6.07, 6.45) is 3.56. The van der Waals surface area contributed by atoms with Gasteiger partial charge in [-0.15, -0.1) is 0 Å². The summed E-state index contributed by atoms with van der Waals surface area (Å²) >= 11 is 3.48. The molecule has 8 aromatic rings. The molecule has 0 saturated carbocycles. The Hall–Kier alpha value is -6.26. The van der Waals surface area contributed by atoms with Crippen molar-refractivity contribution in [3.63, 3.8) is 0 Å². The minimum atomic E-state index is 0.180. The number of benzene rings is 4. The van der Waals surface area contributed by atoms with Gasteiger partial charge in [-0.2, -0.15) is 10.2 Å². The number of halogens is 1. The molecule has 4 aromatic carbocycles. The van der Waals surface area contributed by atoms with E-state index in [0.29, 0.717) is 41.2 Å². The van der Waals surface area contributed by atoms with E-state index < -0.39 is 0 Å². The number of aromatic nitrogens is 8. The lowest BCUT2D eigenvalue weighted by Gasteiger charge is -2.34. The predicted molar refractivity (Wildman–Crippen MR) is 231 cm³/mol. The zero-order valence-electron chi connectivity index (χ0n) is 32.6. The molecule has 0 aliphatic carbocycles. The summed E-state index contributed by atoms with van der Waals surface area (Å²) in [5.41, 5.74) is 4.80. The number of aromatic hydroxyl groups is 2. The fourth-order valence-corrected chi connectivity index (χ4v) is 7.24. The summed E-state index contributed by atoms with van der Waals surface area (Å²) in [7, 11) is 0. The molecule has 3 N–H and O–H groups in total. The van der Waals surface area contributed by atoms with Crippen LogP contribution in [0.1, 0.15) is 13.8 Å². The van der Waals surface area contributed by atoms with Crippen molar-refractivity contribution in [2.45, 2.75) is 25.9 Å². The van der Waals surface area contributed by atoms with Gasteiger partial charge in [-0.25, -0.2) is 29.3 Å². The van der Waals surface area contributed by atoms with Crippen molar-refractivity contribution >= 4 is 43.8 Å². The maximum Gasteiger partial charge on any atom is 0.169 e. The lowest BCUT2D eigenvalue weighted by atomic mass is 10.2. The number of nitrogens with zero attached hydrogens (tertiary/aromatic N) is 9. The minimum absolute atomic E-state index is 0.180. The molecular formula is C44H43BrN10O4. The summed E-state index contributed by atoms with van der Waals surface area (Å²) in [5, 5.41) is 33.6. The number of ether oxygens (including phenoxy) is 2. The Morgan fingerprint density at radius 1 is 0.644 bits per heavy atom. The molecule has 10 rings (SSSR count). The molecule has 2 atom stereocenters. The molecule has 2 aliphatic heterocycles. The van der Waals surface area contributed by atoms with E-state index in [1.165, 1.54) is 0 Å². The summed E-state index contributed by atoms with van der Waals surface area (Å²) in [4.78, 5) is 21.1. The number of hydrogen-bond acceptors (Lipinski definition) is 12. The highest BCUT2D eigenvalue weighted by Crippen LogP contribution is 2.32. The fraction of sp³-hybridized carbons (Fsp3) is 0.227. The van der Waals surface area contributed by atoms with Gasteiger partial charge in [-0.1, -0.05) is 60.7 Å². The summed E-state index contributed by atoms with van der Waals surface area (Å²) in [6.45, 7) is 9.08. The zero-order valence-corrected chi connectivity index (χ0v) is 34.1. The van der Waals surface area contributed by atoms with Gasteiger partial charge in [-0.05, 0) is 78.3 Å². The van der Waals surface area contributed by atoms with Gasteiger partial charge in [0.2, 0.25) is 0 Å². The molecule has 2 fully saturated rings. The van der Waals surface area contributed by atoms with Crippen LogP contribution in [-0.4, -0.2) is 101 Å². The van der Waals surface area contributed by atoms with Crippen LogP contribution in [-0.2, 0) is 9.47 Å². The maximum absolute atomic E-state index is 9.94. The number of anilines is 1. The summed E-state index contributed by atoms with van der Waals surface area (Å²) in [5.74, 6) is 2.28. The van der Waals surface area contributed by atoms with Gasteiger partial charge in [0, 0.05) is 30.3 Å². The van der Waals surface area contributed by atoms with Crippen molar-refractivity contribution in [1.29, 1.82) is 0 Å². The van der Waals surface area contributed by atoms with E-state index in [0.717, 1.165) is 71.0 Å². The average molecular weight is 856 g/mol. The molecular weight excluding hydrogens is 812 g/mol. The van der Waals surface area contributed by atoms with Gasteiger partial charge in [0.05, 0.1) is 67.0 Å². The largest absolute Gasteiger partial charge is 0.508 e. The Balaban J connectivity index is 0.000000144. The Morgan fingerprint density at radius 2 is 1.20 bits per heavy atom. The maximum atomic E-state index is 9.94. The average Bonchev–Trinajstić information content (AvgIpc) is 3.91. The first-order valence-corrected chi connectivity index (χ1v) is 20.1. The van der Waals surface area contributed by atoms with Crippen LogP contribution in [0.5, 0.6) is 11.5 Å². The normalized spacial score (nSPS) is 16.6. The molecule has 300 valence electrons. The van der Waals surface area contributed by atoms with Crippen LogP contribution in [0, 0.1) is 0 Å². The van der Waals surface area contributed by atoms with Crippen LogP contribution in [0.15, 0.2) is 126 Å². The molecule has 0 radical (unpaired) electrons. The van der Waals surface area contributed by atoms with Crippen LogP contribution in [0.25, 0.3) is 56.2 Å². The number of phenolic OH excluding ortho intramolecular Hbond substituents is 2. The van der Waals surface area contributed by atoms with Crippen LogP contribution in [0.2, 0.25) is 0 Å². The Morgan fingerprint density at radius 3 is 1.73 bits per heavy atom. The van der Waals surface area contributed by atoms with Crippen molar-refractivity contribution in [2.75, 3.05) is 44.4 Å². The monoisotopic (exact) mass is 854 g/mol. The number of rotatable bonds is 5. The highest BCUT2D eigenvalue weighted by molar-refractivity contribution is 9.10. The van der Waals surface area contributed by atoms with Crippen molar-refractivity contribution < 1.29 is 19.7 Å². The lowest BCUT2D eigenvalue weighted by molar-refractivity contribution is 0.0824. The van der Waals surface area contributed by atoms with E-state index in [1.807, 2.05) is 83.7 Å². The molecule has 59 heavy (non-hydrogen) atoms. The van der Waals surface area contributed by atoms with Gasteiger partial charge < -0.3 is 29.9 Å². The molecule has 2 saturated heterocycles. The minimum Gasteiger partial charge on any atom is -0.508 e. The van der Waals surface area contributed by atoms with E-state index >= 15 is 0 Å². The molecule has 0 unspecified atom stereocenters. The summed E-state index contributed by atoms with van der Waals surface area (Å²) < 4.78 is 15.0. The second kappa shape index (κ2) is 18.1. The molecule has 0 bridgehead atoms. The fourth-order valence-electron chi connectivity index (χ4n) is 6.79. The highest BCUT2D eigenvalue weighted by Gasteiger charge is 2.25. The van der Waals surface area contributed by atoms with Crippen molar-refractivity contribution in [1.82, 2.24) is 44.8 Å². The first kappa shape index (κ1) is 39.6. The van der Waals surface area contributed by atoms with Gasteiger partial charge in [0.25, 0.3) is 0 Å². The third-order valence-electron chi connectivity index (χ3n) is 9.75. The second-order valence-corrected chi connectivity index (χ2v) is 14.9. The standard InChI is InChI=1S/C22H21N5O2.C17H11BrN4O.C5H11NO/c1-15-14-29-11-10-26(15)21-19-13-23-27(17-7-3-2-4-8-17)22(19)25-20(24-21)16-6-5-9-18(28)12-16;18-15-14-10-19-22(12-6-2-1-3-7-12)17(14)21-16(20-15)11-5-4-8-13(23)9-11;1-5-4-7-3-2-6-5/h2-9,12-13,15,28H,10-11,14H2,1H3;1-10,23H;5-6H,2-4H2,1H3/t15-;;5-/m1.1/s1. The van der Waals surface area contributed by atoms with Crippen molar-refractivity contribution in [3.8, 4) is 45.6 Å². The zero-order chi connectivity index (χ0) is 40.7. The molecule has 0 amide bonds. The Labute approximate surface area is 349 Å². The Kier molecular flexibility index (Phi) is 12.1. The van der Waals surface area contributed by atoms with E-state index in [-0.39, 0.29) is 17.5 Å². The second-order valence-electron chi connectivity index (χ2n) is 14.1. The quantitative estimate of drug-likeness (QED) is 0.148. The van der Waals surface area contributed by atoms with E-state index in [4.69, 9.17) is 19.4 Å². The summed E-state index contributed by atoms with van der Waals surface area (Å²) in [6, 6.07) is 34.4. The molecule has 6 heterocycles. The van der Waals surface area contributed by atoms with Gasteiger partial charge in [0.1, 0.15) is 21.9 Å². The number of para-hydroxylation sites is 2. The SMILES string of the molecule is C[C@@H]1COCCN1.C[C@@H]1COCCN1c1nc(-c2cccc(O)c2)nc2c1cnn2-c1ccccc1.Oc1cccc(-c2nc(Br)c3cnn(-c4ccccc4)c3n2)c1. The van der Waals surface area contributed by atoms with Crippen molar-refractivity contribution in [3.05, 3.63) is 126 Å². The van der Waals surface area contributed by atoms with E-state index in [9.17, 15) is 10.2 Å². The number of morpholine rings is 2. The lowest BCUT2D eigenvalue weighted by Crippen LogP contribution is -2.44. The van der Waals surface area contributed by atoms with Gasteiger partial charge in [-0.3, -0.25) is 0 Å². The van der Waals surface area contributed by atoms with E-state index in [1.54, 1.807) is 47.3 Å². The number of hydrogen-bond donors (Lipinski definition) is 3. The highest BCUT2D eigenvalue weighted by atomic mass is 79.9. The number of fused-ring (bicyclic) bond motifs is 2. The number of phenols is 2. The van der Waals surface area contributed by atoms with Crippen LogP contribution in [0.4, 0.5) is 5.82 Å². The first-order valence-electron chi connectivity index (χ1n) is 19.3. The third kappa shape index (κ3) is 9.08. The molecule has 2 aliphatic rings. The van der Waals surface area contributed by atoms with E-state index in [2.05, 4.69) is 60.2 Å². The molecule has 4 aromatic heterocycles. The topological polar surface area (TPSA) is 161 Å². The Bertz CT molecular complexity index is 2650. The van der Waals surface area contributed by atoms with Gasteiger partial charge in [0.15, 0.2) is 22.9 Å². The van der Waals surface area contributed by atoms with Gasteiger partial charge >= 0.3 is 0 Å². The smallest absolute Gasteiger partial charge is 0.169 e. The van der Waals surface area contributed by atoms with Crippen LogP contribution in [0.3, 0.4) is 0 Å². The molecule has 14 nitrogen and oxygen atoms in total. The third-order valence-corrected chi connectivity index (χ3v) is 10.4. The van der Waals surface area contributed by atoms with Crippen LogP contribution < -0.4 is 10.2 Å². The van der Waals surface area contributed by atoms with Crippen molar-refractivity contribution in [2.24, 2.45) is 0 Å². The van der Waals surface area contributed by atoms with Crippen LogP contribution >= 0.6 is 15.9 Å². The predicted octanol–water partition coefficient (Wildman–Crippen LogP) is 7.36. The first-order chi connectivity index (χ1) is 28.8.